The minimum atomic E-state index is -2.97. The van der Waals surface area contributed by atoms with Crippen LogP contribution in [-0.2, 0) is 21.7 Å². The van der Waals surface area contributed by atoms with Crippen LogP contribution in [0.4, 0.5) is 0 Å². The van der Waals surface area contributed by atoms with Crippen LogP contribution >= 0.6 is 11.3 Å². The molecule has 4 nitrogen and oxygen atoms in total. The lowest BCUT2D eigenvalue weighted by Gasteiger charge is -2.16. The minimum Gasteiger partial charge on any atom is -0.313 e. The zero-order valence-corrected chi connectivity index (χ0v) is 14.0. The molecule has 110 valence electrons. The van der Waals surface area contributed by atoms with Crippen molar-refractivity contribution in [3.8, 4) is 0 Å². The highest BCUT2D eigenvalue weighted by atomic mass is 32.2. The largest absolute Gasteiger partial charge is 0.313 e. The molecule has 0 saturated carbocycles. The highest BCUT2D eigenvalue weighted by molar-refractivity contribution is 7.90. The molecule has 1 N–H and O–H groups in total. The second kappa shape index (κ2) is 6.33. The van der Waals surface area contributed by atoms with Gasteiger partial charge in [0.2, 0.25) is 0 Å². The van der Waals surface area contributed by atoms with E-state index in [0.717, 1.165) is 17.2 Å². The first-order valence-electron chi connectivity index (χ1n) is 6.48. The van der Waals surface area contributed by atoms with E-state index in [2.05, 4.69) is 36.5 Å². The van der Waals surface area contributed by atoms with Gasteiger partial charge in [-0.15, -0.1) is 11.3 Å². The molecule has 6 heteroatoms. The van der Waals surface area contributed by atoms with E-state index in [9.17, 15) is 8.42 Å². The van der Waals surface area contributed by atoms with Gasteiger partial charge in [0, 0.05) is 29.5 Å². The number of rotatable bonds is 6. The van der Waals surface area contributed by atoms with E-state index >= 15 is 0 Å². The van der Waals surface area contributed by atoms with E-state index in [0.29, 0.717) is 6.42 Å². The second-order valence-electron chi connectivity index (χ2n) is 5.93. The van der Waals surface area contributed by atoms with Gasteiger partial charge in [-0.05, 0) is 6.54 Å². The smallest absolute Gasteiger partial charge is 0.148 e. The maximum Gasteiger partial charge on any atom is 0.148 e. The molecular formula is C13H24N2O2S2. The minimum absolute atomic E-state index is 0.0409. The zero-order valence-electron chi connectivity index (χ0n) is 12.4. The highest BCUT2D eigenvalue weighted by Gasteiger charge is 2.20. The fourth-order valence-electron chi connectivity index (χ4n) is 1.80. The summed E-state index contributed by atoms with van der Waals surface area (Å²) in [5.74, 6) is 0.158. The summed E-state index contributed by atoms with van der Waals surface area (Å²) in [7, 11) is -2.97. The quantitative estimate of drug-likeness (QED) is 0.873. The van der Waals surface area contributed by atoms with E-state index in [1.165, 1.54) is 6.26 Å². The predicted molar refractivity (Wildman–Crippen MR) is 81.7 cm³/mol. The average molecular weight is 304 g/mol. The summed E-state index contributed by atoms with van der Waals surface area (Å²) in [6, 6.07) is -0.0565. The molecule has 0 radical (unpaired) electrons. The molecule has 1 atom stereocenters. The molecule has 1 rings (SSSR count). The third-order valence-electron chi connectivity index (χ3n) is 2.74. The van der Waals surface area contributed by atoms with Crippen LogP contribution < -0.4 is 5.32 Å². The number of hydrogen-bond acceptors (Lipinski definition) is 5. The van der Waals surface area contributed by atoms with Gasteiger partial charge in [-0.2, -0.15) is 0 Å². The van der Waals surface area contributed by atoms with Crippen molar-refractivity contribution < 1.29 is 8.42 Å². The Morgan fingerprint density at radius 1 is 1.42 bits per heavy atom. The maximum atomic E-state index is 11.4. The lowest BCUT2D eigenvalue weighted by molar-refractivity contribution is 0.538. The summed E-state index contributed by atoms with van der Waals surface area (Å²) in [5, 5.41) is 6.29. The topological polar surface area (TPSA) is 59.1 Å². The number of thiazole rings is 1. The van der Waals surface area contributed by atoms with Crippen molar-refractivity contribution in [2.45, 2.75) is 45.6 Å². The van der Waals surface area contributed by atoms with Gasteiger partial charge in [-0.25, -0.2) is 13.4 Å². The van der Waals surface area contributed by atoms with Gasteiger partial charge >= 0.3 is 0 Å². The Labute approximate surface area is 120 Å². The summed E-state index contributed by atoms with van der Waals surface area (Å²) in [6.45, 7) is 9.13. The average Bonchev–Trinajstić information content (AvgIpc) is 2.63. The van der Waals surface area contributed by atoms with Crippen molar-refractivity contribution in [1.82, 2.24) is 10.3 Å². The van der Waals surface area contributed by atoms with Crippen molar-refractivity contribution >= 4 is 21.2 Å². The van der Waals surface area contributed by atoms with Crippen molar-refractivity contribution in [3.63, 3.8) is 0 Å². The van der Waals surface area contributed by atoms with E-state index in [4.69, 9.17) is 0 Å². The fourth-order valence-corrected chi connectivity index (χ4v) is 3.87. The van der Waals surface area contributed by atoms with Crippen LogP contribution in [0.2, 0.25) is 0 Å². The molecule has 0 amide bonds. The molecule has 1 aromatic rings. The summed E-state index contributed by atoms with van der Waals surface area (Å²) < 4.78 is 22.8. The Morgan fingerprint density at radius 3 is 2.47 bits per heavy atom. The van der Waals surface area contributed by atoms with Crippen LogP contribution in [0.3, 0.4) is 0 Å². The fraction of sp³-hybridized carbons (Fsp3) is 0.769. The van der Waals surface area contributed by atoms with Gasteiger partial charge in [0.15, 0.2) is 0 Å². The molecule has 1 unspecified atom stereocenters. The van der Waals surface area contributed by atoms with Crippen molar-refractivity contribution in [3.05, 3.63) is 16.1 Å². The summed E-state index contributed by atoms with van der Waals surface area (Å²) >= 11 is 1.61. The number of aromatic nitrogens is 1. The number of sulfone groups is 1. The van der Waals surface area contributed by atoms with E-state index in [-0.39, 0.29) is 17.2 Å². The molecule has 0 aliphatic carbocycles. The molecule has 0 aliphatic rings. The molecular weight excluding hydrogens is 280 g/mol. The van der Waals surface area contributed by atoms with E-state index in [1.807, 2.05) is 6.92 Å². The lowest BCUT2D eigenvalue weighted by Crippen LogP contribution is -2.37. The summed E-state index contributed by atoms with van der Waals surface area (Å²) in [6.07, 6.45) is 1.95. The Morgan fingerprint density at radius 2 is 2.05 bits per heavy atom. The zero-order chi connectivity index (χ0) is 14.7. The number of hydrogen-bond donors (Lipinski definition) is 1. The van der Waals surface area contributed by atoms with Crippen LogP contribution in [0.15, 0.2) is 5.38 Å². The standard InChI is InChI=1S/C13H24N2O2S2/c1-6-14-10(9-19(5,16)17)7-12-15-11(8-18-12)13(2,3)4/h8,10,14H,6-7,9H2,1-5H3. The second-order valence-corrected chi connectivity index (χ2v) is 9.06. The lowest BCUT2D eigenvalue weighted by atomic mass is 9.93. The number of nitrogens with one attached hydrogen (secondary N) is 1. The Bertz CT molecular complexity index is 501. The van der Waals surface area contributed by atoms with Gasteiger partial charge in [-0.3, -0.25) is 0 Å². The maximum absolute atomic E-state index is 11.4. The Kier molecular flexibility index (Phi) is 5.53. The highest BCUT2D eigenvalue weighted by Crippen LogP contribution is 2.24. The first-order chi connectivity index (χ1) is 8.62. The molecule has 0 bridgehead atoms. The molecule has 0 aromatic carbocycles. The van der Waals surface area contributed by atoms with Crippen LogP contribution in [0.5, 0.6) is 0 Å². The molecule has 0 fully saturated rings. The van der Waals surface area contributed by atoms with Crippen LogP contribution in [0.1, 0.15) is 38.4 Å². The van der Waals surface area contributed by atoms with E-state index < -0.39 is 9.84 Å². The van der Waals surface area contributed by atoms with Crippen molar-refractivity contribution in [2.75, 3.05) is 18.6 Å². The molecule has 0 spiro atoms. The molecule has 1 aromatic heterocycles. The Hall–Kier alpha value is -0.460. The van der Waals surface area contributed by atoms with Crippen molar-refractivity contribution in [2.24, 2.45) is 0 Å². The summed E-state index contributed by atoms with van der Waals surface area (Å²) in [4.78, 5) is 4.62. The SMILES string of the molecule is CCNC(Cc1nc(C(C)(C)C)cs1)CS(C)(=O)=O. The molecule has 1 heterocycles. The Balaban J connectivity index is 2.77. The van der Waals surface area contributed by atoms with E-state index in [1.54, 1.807) is 11.3 Å². The summed E-state index contributed by atoms with van der Waals surface area (Å²) in [5.41, 5.74) is 1.11. The molecule has 19 heavy (non-hydrogen) atoms. The van der Waals surface area contributed by atoms with Crippen molar-refractivity contribution in [1.29, 1.82) is 0 Å². The predicted octanol–water partition coefficient (Wildman–Crippen LogP) is 2.01. The van der Waals surface area contributed by atoms with Crippen LogP contribution in [-0.4, -0.2) is 38.0 Å². The normalized spacial score (nSPS) is 14.6. The van der Waals surface area contributed by atoms with Gasteiger partial charge < -0.3 is 5.32 Å². The van der Waals surface area contributed by atoms with Crippen LogP contribution in [0.25, 0.3) is 0 Å². The van der Waals surface area contributed by atoms with Gasteiger partial charge in [0.05, 0.1) is 16.5 Å². The first kappa shape index (κ1) is 16.6. The van der Waals surface area contributed by atoms with Crippen LogP contribution in [0, 0.1) is 0 Å². The van der Waals surface area contributed by atoms with Gasteiger partial charge in [0.25, 0.3) is 0 Å². The number of nitrogens with zero attached hydrogens (tertiary/aromatic N) is 1. The molecule has 0 aliphatic heterocycles. The monoisotopic (exact) mass is 304 g/mol. The van der Waals surface area contributed by atoms with Gasteiger partial charge in [-0.1, -0.05) is 27.7 Å². The third-order valence-corrected chi connectivity index (χ3v) is 4.62. The number of likely N-dealkylation sites (N-methyl/N-ethyl adjacent to an activating group) is 1. The molecule has 0 saturated heterocycles. The van der Waals surface area contributed by atoms with Gasteiger partial charge in [0.1, 0.15) is 9.84 Å². The third kappa shape index (κ3) is 6.01. The first-order valence-corrected chi connectivity index (χ1v) is 9.42.